The summed E-state index contributed by atoms with van der Waals surface area (Å²) >= 11 is 0. The van der Waals surface area contributed by atoms with Crippen LogP contribution in [0.1, 0.15) is 55.5 Å². The maximum atomic E-state index is 12.2. The molecular formula is C21H26N2O3. The minimum Gasteiger partial charge on any atom is -0.444 e. The zero-order valence-corrected chi connectivity index (χ0v) is 15.6. The van der Waals surface area contributed by atoms with Gasteiger partial charge < -0.3 is 15.4 Å². The molecule has 1 aliphatic rings. The van der Waals surface area contributed by atoms with Gasteiger partial charge in [0.1, 0.15) is 5.60 Å². The number of rotatable bonds is 2. The van der Waals surface area contributed by atoms with Gasteiger partial charge in [0.2, 0.25) is 5.91 Å². The molecule has 2 aromatic rings. The van der Waals surface area contributed by atoms with Crippen LogP contribution in [0.2, 0.25) is 0 Å². The molecule has 0 atom stereocenters. The molecular weight excluding hydrogens is 328 g/mol. The van der Waals surface area contributed by atoms with Crippen molar-refractivity contribution in [2.45, 2.75) is 45.1 Å². The lowest BCUT2D eigenvalue weighted by Gasteiger charge is -2.34. The number of nitrogens with two attached hydrogens (primary N) is 1. The van der Waals surface area contributed by atoms with Crippen LogP contribution < -0.4 is 5.73 Å². The van der Waals surface area contributed by atoms with Gasteiger partial charge in [-0.15, -0.1) is 0 Å². The highest BCUT2D eigenvalue weighted by molar-refractivity contribution is 5.98. The first kappa shape index (κ1) is 18.2. The van der Waals surface area contributed by atoms with E-state index in [9.17, 15) is 9.59 Å². The zero-order valence-electron chi connectivity index (χ0n) is 15.6. The second-order valence-electron chi connectivity index (χ2n) is 7.89. The van der Waals surface area contributed by atoms with Gasteiger partial charge in [0.25, 0.3) is 0 Å². The summed E-state index contributed by atoms with van der Waals surface area (Å²) in [5, 5.41) is 2.17. The first-order valence-electron chi connectivity index (χ1n) is 9.05. The lowest BCUT2D eigenvalue weighted by molar-refractivity contribution is 0.0205. The van der Waals surface area contributed by atoms with Crippen molar-refractivity contribution in [1.29, 1.82) is 0 Å². The molecule has 0 aromatic heterocycles. The largest absolute Gasteiger partial charge is 0.444 e. The van der Waals surface area contributed by atoms with E-state index in [2.05, 4.69) is 6.07 Å². The minimum atomic E-state index is -0.471. The summed E-state index contributed by atoms with van der Waals surface area (Å²) < 4.78 is 5.47. The van der Waals surface area contributed by atoms with E-state index in [1.54, 1.807) is 11.0 Å². The van der Waals surface area contributed by atoms with Crippen LogP contribution in [0.5, 0.6) is 0 Å². The van der Waals surface area contributed by atoms with Gasteiger partial charge in [0.15, 0.2) is 0 Å². The molecule has 1 aliphatic heterocycles. The fraction of sp³-hybridized carbons (Fsp3) is 0.429. The molecule has 0 bridgehead atoms. The van der Waals surface area contributed by atoms with Crippen LogP contribution in [0, 0.1) is 0 Å². The van der Waals surface area contributed by atoms with Gasteiger partial charge in [-0.25, -0.2) is 4.79 Å². The smallest absolute Gasteiger partial charge is 0.410 e. The van der Waals surface area contributed by atoms with E-state index in [-0.39, 0.29) is 6.09 Å². The molecule has 2 amide bonds. The molecule has 5 heteroatoms. The SMILES string of the molecule is CC(C)(C)OC(=O)N1CCC(c2cccc3cc(C(N)=O)ccc23)CC1. The van der Waals surface area contributed by atoms with Crippen molar-refractivity contribution < 1.29 is 14.3 Å². The second-order valence-corrected chi connectivity index (χ2v) is 7.89. The van der Waals surface area contributed by atoms with Gasteiger partial charge in [0, 0.05) is 18.7 Å². The molecule has 26 heavy (non-hydrogen) atoms. The van der Waals surface area contributed by atoms with Crippen LogP contribution in [0.25, 0.3) is 10.8 Å². The number of fused-ring (bicyclic) bond motifs is 1. The number of carbonyl (C=O) groups excluding carboxylic acids is 2. The number of hydrogen-bond acceptors (Lipinski definition) is 3. The Hall–Kier alpha value is -2.56. The van der Waals surface area contributed by atoms with E-state index in [0.717, 1.165) is 23.6 Å². The molecule has 1 saturated heterocycles. The number of ether oxygens (including phenoxy) is 1. The Bertz CT molecular complexity index is 831. The molecule has 2 aromatic carbocycles. The topological polar surface area (TPSA) is 72.6 Å². The average Bonchev–Trinajstić information content (AvgIpc) is 2.59. The Labute approximate surface area is 154 Å². The molecule has 138 valence electrons. The maximum Gasteiger partial charge on any atom is 0.410 e. The Morgan fingerprint density at radius 1 is 1.12 bits per heavy atom. The predicted molar refractivity (Wildman–Crippen MR) is 102 cm³/mol. The quantitative estimate of drug-likeness (QED) is 0.884. The molecule has 0 radical (unpaired) electrons. The summed E-state index contributed by atoms with van der Waals surface area (Å²) in [6, 6.07) is 11.8. The molecule has 0 unspecified atom stereocenters. The van der Waals surface area contributed by atoms with E-state index in [0.29, 0.717) is 24.6 Å². The number of likely N-dealkylation sites (tertiary alicyclic amines) is 1. The summed E-state index contributed by atoms with van der Waals surface area (Å²) in [4.78, 5) is 25.4. The summed E-state index contributed by atoms with van der Waals surface area (Å²) in [5.74, 6) is -0.0280. The standard InChI is InChI=1S/C21H26N2O3/c1-21(2,3)26-20(25)23-11-9-14(10-12-23)17-6-4-5-15-13-16(19(22)24)7-8-18(15)17/h4-8,13-14H,9-12H2,1-3H3,(H2,22,24). The van der Waals surface area contributed by atoms with Crippen molar-refractivity contribution in [3.8, 4) is 0 Å². The van der Waals surface area contributed by atoms with E-state index < -0.39 is 11.5 Å². The Kier molecular flexibility index (Phi) is 4.90. The molecule has 0 saturated carbocycles. The summed E-state index contributed by atoms with van der Waals surface area (Å²) in [6.45, 7) is 7.03. The van der Waals surface area contributed by atoms with Crippen LogP contribution in [-0.4, -0.2) is 35.6 Å². The molecule has 5 nitrogen and oxygen atoms in total. The second kappa shape index (κ2) is 6.98. The van der Waals surface area contributed by atoms with Crippen molar-refractivity contribution in [1.82, 2.24) is 4.90 Å². The van der Waals surface area contributed by atoms with Crippen molar-refractivity contribution in [3.63, 3.8) is 0 Å². The maximum absolute atomic E-state index is 12.2. The monoisotopic (exact) mass is 354 g/mol. The van der Waals surface area contributed by atoms with E-state index in [1.165, 1.54) is 5.56 Å². The van der Waals surface area contributed by atoms with E-state index >= 15 is 0 Å². The zero-order chi connectivity index (χ0) is 18.9. The predicted octanol–water partition coefficient (Wildman–Crippen LogP) is 4.05. The Morgan fingerprint density at radius 3 is 2.42 bits per heavy atom. The van der Waals surface area contributed by atoms with Crippen molar-refractivity contribution in [2.75, 3.05) is 13.1 Å². The fourth-order valence-corrected chi connectivity index (χ4v) is 3.52. The number of hydrogen-bond donors (Lipinski definition) is 1. The highest BCUT2D eigenvalue weighted by Crippen LogP contribution is 2.33. The van der Waals surface area contributed by atoms with Crippen molar-refractivity contribution >= 4 is 22.8 Å². The first-order chi connectivity index (χ1) is 12.2. The van der Waals surface area contributed by atoms with Crippen molar-refractivity contribution in [3.05, 3.63) is 47.5 Å². The lowest BCUT2D eigenvalue weighted by Crippen LogP contribution is -2.41. The van der Waals surface area contributed by atoms with Crippen LogP contribution in [0.4, 0.5) is 4.79 Å². The fourth-order valence-electron chi connectivity index (χ4n) is 3.52. The molecule has 2 N–H and O–H groups in total. The van der Waals surface area contributed by atoms with Crippen molar-refractivity contribution in [2.24, 2.45) is 5.73 Å². The van der Waals surface area contributed by atoms with Crippen LogP contribution in [-0.2, 0) is 4.74 Å². The molecule has 1 heterocycles. The summed E-state index contributed by atoms with van der Waals surface area (Å²) in [7, 11) is 0. The number of benzene rings is 2. The Balaban J connectivity index is 1.75. The highest BCUT2D eigenvalue weighted by Gasteiger charge is 2.28. The minimum absolute atomic E-state index is 0.236. The van der Waals surface area contributed by atoms with Gasteiger partial charge in [-0.2, -0.15) is 0 Å². The highest BCUT2D eigenvalue weighted by atomic mass is 16.6. The van der Waals surface area contributed by atoms with Crippen LogP contribution >= 0.6 is 0 Å². The third-order valence-electron chi connectivity index (χ3n) is 4.79. The number of carbonyl (C=O) groups is 2. The molecule has 3 rings (SSSR count). The van der Waals surface area contributed by atoms with Gasteiger partial charge >= 0.3 is 6.09 Å². The number of nitrogens with zero attached hydrogens (tertiary/aromatic N) is 1. The molecule has 0 aliphatic carbocycles. The molecule has 1 fully saturated rings. The number of primary amides is 1. The number of piperidine rings is 1. The Morgan fingerprint density at radius 2 is 1.81 bits per heavy atom. The van der Waals surface area contributed by atoms with Gasteiger partial charge in [-0.3, -0.25) is 4.79 Å². The first-order valence-corrected chi connectivity index (χ1v) is 9.05. The summed E-state index contributed by atoms with van der Waals surface area (Å²) in [5.41, 5.74) is 6.70. The third-order valence-corrected chi connectivity index (χ3v) is 4.79. The van der Waals surface area contributed by atoms with Gasteiger partial charge in [0.05, 0.1) is 0 Å². The van der Waals surface area contributed by atoms with Crippen LogP contribution in [0.15, 0.2) is 36.4 Å². The van der Waals surface area contributed by atoms with Gasteiger partial charge in [-0.1, -0.05) is 24.3 Å². The van der Waals surface area contributed by atoms with Crippen LogP contribution in [0.3, 0.4) is 0 Å². The third kappa shape index (κ3) is 3.98. The van der Waals surface area contributed by atoms with E-state index in [4.69, 9.17) is 10.5 Å². The van der Waals surface area contributed by atoms with E-state index in [1.807, 2.05) is 45.0 Å². The van der Waals surface area contributed by atoms with Gasteiger partial charge in [-0.05, 0) is 68.0 Å². The average molecular weight is 354 g/mol. The molecule has 0 spiro atoms. The lowest BCUT2D eigenvalue weighted by atomic mass is 9.86. The summed E-state index contributed by atoms with van der Waals surface area (Å²) in [6.07, 6.45) is 1.56. The normalized spacial score (nSPS) is 15.9. The number of amides is 2.